The number of hydrogen-bond acceptors (Lipinski definition) is 5. The highest BCUT2D eigenvalue weighted by atomic mass is 16.5. The maximum atomic E-state index is 13.0. The first-order valence-electron chi connectivity index (χ1n) is 10.8. The van der Waals surface area contributed by atoms with Gasteiger partial charge in [-0.1, -0.05) is 35.5 Å². The standard InChI is InChI=1S/C23H28N4O4/c1-15-12-20(25-31-15)22(29)24-19-8-10-26(11-9-19)23(30)18-13-21(28)27(14-18)16(2)17-6-4-3-5-7-17/h3-7,12,16,18-19H,8-11,13-14H2,1-2H3,(H,24,29). The number of hydrogen-bond donors (Lipinski definition) is 1. The van der Waals surface area contributed by atoms with E-state index in [2.05, 4.69) is 10.5 Å². The molecule has 0 bridgehead atoms. The average Bonchev–Trinajstić information content (AvgIpc) is 3.39. The summed E-state index contributed by atoms with van der Waals surface area (Å²) in [5, 5.41) is 6.70. The van der Waals surface area contributed by atoms with Crippen molar-refractivity contribution in [3.63, 3.8) is 0 Å². The molecule has 2 aromatic rings. The molecule has 2 saturated heterocycles. The van der Waals surface area contributed by atoms with Crippen molar-refractivity contribution < 1.29 is 18.9 Å². The molecule has 0 spiro atoms. The molecule has 2 aliphatic rings. The van der Waals surface area contributed by atoms with Crippen LogP contribution in [0.2, 0.25) is 0 Å². The molecule has 164 valence electrons. The zero-order valence-corrected chi connectivity index (χ0v) is 17.9. The smallest absolute Gasteiger partial charge is 0.273 e. The monoisotopic (exact) mass is 424 g/mol. The molecule has 3 heterocycles. The highest BCUT2D eigenvalue weighted by molar-refractivity contribution is 5.92. The number of carbonyl (C=O) groups excluding carboxylic acids is 3. The molecular formula is C23H28N4O4. The highest BCUT2D eigenvalue weighted by Gasteiger charge is 2.39. The summed E-state index contributed by atoms with van der Waals surface area (Å²) >= 11 is 0. The van der Waals surface area contributed by atoms with Gasteiger partial charge in [0.15, 0.2) is 5.69 Å². The Labute approximate surface area is 181 Å². The van der Waals surface area contributed by atoms with Crippen molar-refractivity contribution in [1.82, 2.24) is 20.3 Å². The van der Waals surface area contributed by atoms with Gasteiger partial charge < -0.3 is 19.6 Å². The van der Waals surface area contributed by atoms with Crippen LogP contribution in [0, 0.1) is 12.8 Å². The van der Waals surface area contributed by atoms with Crippen molar-refractivity contribution >= 4 is 17.7 Å². The summed E-state index contributed by atoms with van der Waals surface area (Å²) in [5.74, 6) is 0.0940. The molecule has 2 aliphatic heterocycles. The first-order valence-corrected chi connectivity index (χ1v) is 10.8. The number of nitrogens with zero attached hydrogens (tertiary/aromatic N) is 3. The van der Waals surface area contributed by atoms with Crippen molar-refractivity contribution in [3.8, 4) is 0 Å². The van der Waals surface area contributed by atoms with Crippen LogP contribution >= 0.6 is 0 Å². The molecule has 8 nitrogen and oxygen atoms in total. The fourth-order valence-corrected chi connectivity index (χ4v) is 4.42. The first-order chi connectivity index (χ1) is 14.9. The zero-order valence-electron chi connectivity index (χ0n) is 17.9. The Bertz CT molecular complexity index is 949. The minimum absolute atomic E-state index is 0.00614. The summed E-state index contributed by atoms with van der Waals surface area (Å²) in [6.45, 7) is 5.34. The van der Waals surface area contributed by atoms with E-state index in [1.807, 2.05) is 47.1 Å². The normalized spacial score (nSPS) is 20.7. The van der Waals surface area contributed by atoms with E-state index in [-0.39, 0.29) is 47.8 Å². The number of carbonyl (C=O) groups is 3. The lowest BCUT2D eigenvalue weighted by molar-refractivity contribution is -0.136. The van der Waals surface area contributed by atoms with Crippen molar-refractivity contribution in [2.45, 2.75) is 45.2 Å². The summed E-state index contributed by atoms with van der Waals surface area (Å²) in [7, 11) is 0. The summed E-state index contributed by atoms with van der Waals surface area (Å²) in [5.41, 5.74) is 1.34. The number of rotatable bonds is 5. The van der Waals surface area contributed by atoms with Crippen LogP contribution in [0.25, 0.3) is 0 Å². The third-order valence-corrected chi connectivity index (χ3v) is 6.26. The van der Waals surface area contributed by atoms with Gasteiger partial charge in [-0.15, -0.1) is 0 Å². The van der Waals surface area contributed by atoms with E-state index in [0.29, 0.717) is 38.2 Å². The lowest BCUT2D eigenvalue weighted by Crippen LogP contribution is -2.48. The van der Waals surface area contributed by atoms with Gasteiger partial charge in [-0.2, -0.15) is 0 Å². The van der Waals surface area contributed by atoms with E-state index < -0.39 is 0 Å². The SMILES string of the molecule is Cc1cc(C(=O)NC2CCN(C(=O)C3CC(=O)N(C(C)c4ccccc4)C3)CC2)no1. The van der Waals surface area contributed by atoms with E-state index in [4.69, 9.17) is 4.52 Å². The minimum Gasteiger partial charge on any atom is -0.361 e. The Balaban J connectivity index is 1.29. The summed E-state index contributed by atoms with van der Waals surface area (Å²) in [4.78, 5) is 41.5. The average molecular weight is 425 g/mol. The molecule has 0 radical (unpaired) electrons. The largest absolute Gasteiger partial charge is 0.361 e. The summed E-state index contributed by atoms with van der Waals surface area (Å²) in [6.07, 6.45) is 1.62. The molecule has 8 heteroatoms. The second-order valence-electron chi connectivity index (χ2n) is 8.43. The molecule has 31 heavy (non-hydrogen) atoms. The molecule has 1 N–H and O–H groups in total. The van der Waals surface area contributed by atoms with Crippen LogP contribution in [0.3, 0.4) is 0 Å². The molecule has 2 unspecified atom stereocenters. The zero-order chi connectivity index (χ0) is 22.0. The Morgan fingerprint density at radius 3 is 2.55 bits per heavy atom. The van der Waals surface area contributed by atoms with Crippen molar-refractivity contribution in [2.24, 2.45) is 5.92 Å². The van der Waals surface area contributed by atoms with Gasteiger partial charge in [-0.3, -0.25) is 14.4 Å². The van der Waals surface area contributed by atoms with Gasteiger partial charge in [0.25, 0.3) is 5.91 Å². The molecule has 0 aliphatic carbocycles. The van der Waals surface area contributed by atoms with Gasteiger partial charge in [-0.05, 0) is 32.3 Å². The van der Waals surface area contributed by atoms with Crippen LogP contribution in [0.15, 0.2) is 40.9 Å². The van der Waals surface area contributed by atoms with Crippen LogP contribution in [-0.4, -0.2) is 58.4 Å². The van der Waals surface area contributed by atoms with Gasteiger partial charge in [-0.25, -0.2) is 0 Å². The van der Waals surface area contributed by atoms with Crippen LogP contribution in [0.1, 0.15) is 54.0 Å². The number of benzene rings is 1. The van der Waals surface area contributed by atoms with Crippen molar-refractivity contribution in [2.75, 3.05) is 19.6 Å². The topological polar surface area (TPSA) is 95.8 Å². The summed E-state index contributed by atoms with van der Waals surface area (Å²) in [6, 6.07) is 11.4. The fourth-order valence-electron chi connectivity index (χ4n) is 4.42. The Kier molecular flexibility index (Phi) is 6.06. The number of nitrogens with one attached hydrogen (secondary N) is 1. The summed E-state index contributed by atoms with van der Waals surface area (Å²) < 4.78 is 4.95. The van der Waals surface area contributed by atoms with Crippen LogP contribution in [0.4, 0.5) is 0 Å². The second kappa shape index (κ2) is 8.91. The number of aryl methyl sites for hydroxylation is 1. The third kappa shape index (κ3) is 4.62. The van der Waals surface area contributed by atoms with Gasteiger partial charge in [0, 0.05) is 38.2 Å². The van der Waals surface area contributed by atoms with E-state index >= 15 is 0 Å². The third-order valence-electron chi connectivity index (χ3n) is 6.26. The molecule has 2 fully saturated rings. The van der Waals surface area contributed by atoms with Crippen molar-refractivity contribution in [3.05, 3.63) is 53.4 Å². The van der Waals surface area contributed by atoms with Crippen LogP contribution in [-0.2, 0) is 9.59 Å². The Hall–Kier alpha value is -3.16. The van der Waals surface area contributed by atoms with Crippen LogP contribution < -0.4 is 5.32 Å². The molecule has 0 saturated carbocycles. The van der Waals surface area contributed by atoms with Crippen LogP contribution in [0.5, 0.6) is 0 Å². The van der Waals surface area contributed by atoms with Gasteiger partial charge in [0.2, 0.25) is 11.8 Å². The Morgan fingerprint density at radius 2 is 1.90 bits per heavy atom. The minimum atomic E-state index is -0.303. The lowest BCUT2D eigenvalue weighted by atomic mass is 10.0. The molecule has 4 rings (SSSR count). The van der Waals surface area contributed by atoms with E-state index in [1.54, 1.807) is 13.0 Å². The number of piperidine rings is 1. The lowest BCUT2D eigenvalue weighted by Gasteiger charge is -2.34. The maximum absolute atomic E-state index is 13.0. The fraction of sp³-hybridized carbons (Fsp3) is 0.478. The van der Waals surface area contributed by atoms with E-state index in [1.165, 1.54) is 0 Å². The highest BCUT2D eigenvalue weighted by Crippen LogP contribution is 2.30. The molecule has 1 aromatic heterocycles. The number of likely N-dealkylation sites (tertiary alicyclic amines) is 2. The number of amides is 3. The molecule has 3 amide bonds. The van der Waals surface area contributed by atoms with E-state index in [9.17, 15) is 14.4 Å². The van der Waals surface area contributed by atoms with Crippen molar-refractivity contribution in [1.29, 1.82) is 0 Å². The predicted molar refractivity (Wildman–Crippen MR) is 113 cm³/mol. The Morgan fingerprint density at radius 1 is 1.19 bits per heavy atom. The first kappa shape index (κ1) is 21.1. The molecule has 1 aromatic carbocycles. The number of aromatic nitrogens is 1. The van der Waals surface area contributed by atoms with Gasteiger partial charge in [0.05, 0.1) is 12.0 Å². The van der Waals surface area contributed by atoms with Gasteiger partial charge >= 0.3 is 0 Å². The van der Waals surface area contributed by atoms with Gasteiger partial charge in [0.1, 0.15) is 5.76 Å². The molecule has 2 atom stereocenters. The quantitative estimate of drug-likeness (QED) is 0.795. The predicted octanol–water partition coefficient (Wildman–Crippen LogP) is 2.31. The second-order valence-corrected chi connectivity index (χ2v) is 8.43. The maximum Gasteiger partial charge on any atom is 0.273 e. The van der Waals surface area contributed by atoms with E-state index in [0.717, 1.165) is 5.56 Å². The molecular weight excluding hydrogens is 396 g/mol.